The Balaban J connectivity index is 1.23. The summed E-state index contributed by atoms with van der Waals surface area (Å²) < 4.78 is 36.7. The number of hydrogen-bond acceptors (Lipinski definition) is 9. The van der Waals surface area contributed by atoms with E-state index in [0.29, 0.717) is 62.8 Å². The second-order valence-electron chi connectivity index (χ2n) is 16.7. The van der Waals surface area contributed by atoms with E-state index in [1.54, 1.807) is 36.4 Å². The van der Waals surface area contributed by atoms with Crippen LogP contribution in [0.1, 0.15) is 199 Å². The Morgan fingerprint density at radius 3 is 0.730 bits per heavy atom. The van der Waals surface area contributed by atoms with Crippen LogP contribution >= 0.6 is 0 Å². The number of ether oxygens (including phenoxy) is 6. The van der Waals surface area contributed by atoms with Crippen LogP contribution in [0.2, 0.25) is 0 Å². The lowest BCUT2D eigenvalue weighted by atomic mass is 10.1. The highest BCUT2D eigenvalue weighted by Crippen LogP contribution is 2.24. The number of benzene rings is 3. The number of carbonyl (C=O) groups excluding carboxylic acids is 3. The molecule has 0 aliphatic rings. The van der Waals surface area contributed by atoms with Crippen LogP contribution in [0.25, 0.3) is 0 Å². The zero-order chi connectivity index (χ0) is 44.7. The smallest absolute Gasteiger partial charge is 0.282 e. The Bertz CT molecular complexity index is 1360. The summed E-state index contributed by atoms with van der Waals surface area (Å²) >= 11 is 0. The van der Waals surface area contributed by atoms with Gasteiger partial charge in [-0.1, -0.05) is 122 Å². The number of hydrogen-bond donors (Lipinski definition) is 0. The monoisotopic (exact) mass is 873 g/mol. The highest BCUT2D eigenvalue weighted by Gasteiger charge is 2.31. The Kier molecular flexibility index (Phi) is 30.7. The van der Waals surface area contributed by atoms with Crippen LogP contribution in [-0.2, 0) is 14.2 Å². The highest BCUT2D eigenvalue weighted by molar-refractivity contribution is 5.75. The van der Waals surface area contributed by atoms with Crippen molar-refractivity contribution in [3.8, 4) is 17.2 Å². The molecule has 9 nitrogen and oxygen atoms in total. The van der Waals surface area contributed by atoms with E-state index in [-0.39, 0.29) is 0 Å². The maximum atomic E-state index is 10.8. The summed E-state index contributed by atoms with van der Waals surface area (Å²) in [5.74, 6) is 1.50. The number of rotatable bonds is 43. The normalized spacial score (nSPS) is 11.4. The molecule has 0 aliphatic carbocycles. The van der Waals surface area contributed by atoms with Gasteiger partial charge in [-0.3, -0.25) is 14.4 Å². The van der Waals surface area contributed by atoms with Crippen LogP contribution in [0.3, 0.4) is 0 Å². The average molecular weight is 873 g/mol. The summed E-state index contributed by atoms with van der Waals surface area (Å²) in [6, 6.07) is 21.9. The SMILES string of the molecule is CCC(OCCCCCCCCCCOc1ccc(C=O)cc1)(OCCCCCCCCCCOc1ccc(C=O)cc1)OCCCCCCCCCCOc1ccc(C=O)cc1. The summed E-state index contributed by atoms with van der Waals surface area (Å²) in [6.45, 7) is 6.18. The standard InChI is InChI=1S/C54H80O9/c1-2-54(61-42-24-18-12-6-3-9-15-21-39-58-51-33-27-48(45-55)28-34-51,62-43-25-19-13-7-4-10-16-22-40-59-52-35-29-49(46-56)30-36-52)63-44-26-20-14-8-5-11-17-23-41-60-53-37-31-50(47-57)32-38-53/h27-38,45-47H,2-26,39-44H2,1H3. The molecule has 0 amide bonds. The Morgan fingerprint density at radius 1 is 0.317 bits per heavy atom. The van der Waals surface area contributed by atoms with Crippen molar-refractivity contribution >= 4 is 18.9 Å². The fraction of sp³-hybridized carbons (Fsp3) is 0.611. The van der Waals surface area contributed by atoms with Crippen LogP contribution < -0.4 is 14.2 Å². The van der Waals surface area contributed by atoms with Gasteiger partial charge in [0.05, 0.1) is 39.6 Å². The number of unbranched alkanes of at least 4 members (excludes halogenated alkanes) is 21. The fourth-order valence-electron chi connectivity index (χ4n) is 7.41. The van der Waals surface area contributed by atoms with Gasteiger partial charge in [-0.15, -0.1) is 0 Å². The van der Waals surface area contributed by atoms with Gasteiger partial charge in [-0.05, 0) is 111 Å². The lowest BCUT2D eigenvalue weighted by Crippen LogP contribution is -2.39. The number of carbonyl (C=O) groups is 3. The predicted molar refractivity (Wildman–Crippen MR) is 254 cm³/mol. The predicted octanol–water partition coefficient (Wildman–Crippen LogP) is 14.1. The fourth-order valence-corrected chi connectivity index (χ4v) is 7.41. The Hall–Kier alpha value is -4.05. The van der Waals surface area contributed by atoms with Crippen LogP contribution in [-0.4, -0.2) is 64.5 Å². The molecule has 3 aromatic rings. The number of aldehydes is 3. The molecule has 0 radical (unpaired) electrons. The van der Waals surface area contributed by atoms with Gasteiger partial charge in [0.15, 0.2) is 0 Å². The molecule has 0 aliphatic heterocycles. The maximum absolute atomic E-state index is 10.8. The molecule has 0 bridgehead atoms. The summed E-state index contributed by atoms with van der Waals surface area (Å²) in [7, 11) is 0. The molecule has 3 rings (SSSR count). The quantitative estimate of drug-likeness (QED) is 0.0312. The lowest BCUT2D eigenvalue weighted by molar-refractivity contribution is -0.382. The topological polar surface area (TPSA) is 107 Å². The van der Waals surface area contributed by atoms with Gasteiger partial charge in [0.25, 0.3) is 5.97 Å². The molecule has 0 spiro atoms. The lowest BCUT2D eigenvalue weighted by Gasteiger charge is -2.32. The first-order chi connectivity index (χ1) is 31.1. The van der Waals surface area contributed by atoms with Gasteiger partial charge >= 0.3 is 0 Å². The van der Waals surface area contributed by atoms with Crippen molar-refractivity contribution in [2.24, 2.45) is 0 Å². The second kappa shape index (κ2) is 36.3. The molecule has 0 saturated carbocycles. The summed E-state index contributed by atoms with van der Waals surface area (Å²) in [4.78, 5) is 32.5. The molecule has 0 fully saturated rings. The zero-order valence-electron chi connectivity index (χ0n) is 38.8. The highest BCUT2D eigenvalue weighted by atomic mass is 16.9. The Morgan fingerprint density at radius 2 is 0.524 bits per heavy atom. The molecule has 63 heavy (non-hydrogen) atoms. The van der Waals surface area contributed by atoms with E-state index < -0.39 is 5.97 Å². The van der Waals surface area contributed by atoms with E-state index in [4.69, 9.17) is 28.4 Å². The van der Waals surface area contributed by atoms with E-state index in [9.17, 15) is 14.4 Å². The van der Waals surface area contributed by atoms with Crippen molar-refractivity contribution in [2.75, 3.05) is 39.6 Å². The van der Waals surface area contributed by atoms with E-state index in [1.807, 2.05) is 36.4 Å². The summed E-state index contributed by atoms with van der Waals surface area (Å²) in [5.41, 5.74) is 2.01. The molecule has 0 heterocycles. The van der Waals surface area contributed by atoms with Gasteiger partial charge in [-0.2, -0.15) is 0 Å². The largest absolute Gasteiger partial charge is 0.494 e. The van der Waals surface area contributed by atoms with E-state index >= 15 is 0 Å². The third-order valence-corrected chi connectivity index (χ3v) is 11.4. The molecule has 0 unspecified atom stereocenters. The maximum Gasteiger partial charge on any atom is 0.282 e. The molecule has 9 heteroatoms. The first-order valence-electron chi connectivity index (χ1n) is 24.6. The van der Waals surface area contributed by atoms with E-state index in [0.717, 1.165) is 93.9 Å². The third-order valence-electron chi connectivity index (χ3n) is 11.4. The van der Waals surface area contributed by atoms with Crippen molar-refractivity contribution < 1.29 is 42.8 Å². The summed E-state index contributed by atoms with van der Waals surface area (Å²) in [6.07, 6.45) is 31.0. The molecule has 0 aromatic heterocycles. The molecular formula is C54H80O9. The van der Waals surface area contributed by atoms with Crippen molar-refractivity contribution in [2.45, 2.75) is 173 Å². The second-order valence-corrected chi connectivity index (χ2v) is 16.7. The van der Waals surface area contributed by atoms with Crippen LogP contribution in [0.5, 0.6) is 17.2 Å². The van der Waals surface area contributed by atoms with E-state index in [1.165, 1.54) is 96.3 Å². The average Bonchev–Trinajstić information content (AvgIpc) is 3.32. The van der Waals surface area contributed by atoms with Crippen LogP contribution in [0.15, 0.2) is 72.8 Å². The zero-order valence-corrected chi connectivity index (χ0v) is 38.8. The minimum Gasteiger partial charge on any atom is -0.494 e. The minimum atomic E-state index is -0.963. The van der Waals surface area contributed by atoms with Gasteiger partial charge in [0, 0.05) is 23.1 Å². The molecular weight excluding hydrogens is 793 g/mol. The third kappa shape index (κ3) is 26.4. The first-order valence-corrected chi connectivity index (χ1v) is 24.6. The van der Waals surface area contributed by atoms with Gasteiger partial charge in [0.2, 0.25) is 0 Å². The molecule has 350 valence electrons. The van der Waals surface area contributed by atoms with Crippen LogP contribution in [0.4, 0.5) is 0 Å². The van der Waals surface area contributed by atoms with Crippen LogP contribution in [0, 0.1) is 0 Å². The van der Waals surface area contributed by atoms with Crippen molar-refractivity contribution in [1.82, 2.24) is 0 Å². The molecule has 3 aromatic carbocycles. The van der Waals surface area contributed by atoms with E-state index in [2.05, 4.69) is 6.92 Å². The molecule has 0 N–H and O–H groups in total. The molecule has 0 saturated heterocycles. The minimum absolute atomic E-state index is 0.647. The summed E-state index contributed by atoms with van der Waals surface area (Å²) in [5, 5.41) is 0. The van der Waals surface area contributed by atoms with Gasteiger partial charge < -0.3 is 28.4 Å². The van der Waals surface area contributed by atoms with Gasteiger partial charge in [-0.25, -0.2) is 0 Å². The Labute approximate surface area is 380 Å². The van der Waals surface area contributed by atoms with Gasteiger partial charge in [0.1, 0.15) is 36.1 Å². The first kappa shape index (κ1) is 53.3. The van der Waals surface area contributed by atoms with Crippen molar-refractivity contribution in [1.29, 1.82) is 0 Å². The van der Waals surface area contributed by atoms with Crippen molar-refractivity contribution in [3.05, 3.63) is 89.5 Å². The molecule has 0 atom stereocenters. The van der Waals surface area contributed by atoms with Crippen molar-refractivity contribution in [3.63, 3.8) is 0 Å².